The first kappa shape index (κ1) is 15.0. The fourth-order valence-electron chi connectivity index (χ4n) is 3.20. The molecule has 0 spiro atoms. The molecule has 5 heteroatoms. The fraction of sp³-hybridized carbons (Fsp3) is 0.100. The molecule has 25 heavy (non-hydrogen) atoms. The van der Waals surface area contributed by atoms with Crippen molar-refractivity contribution in [2.24, 2.45) is 0 Å². The molecular weight excluding hydrogens is 314 g/mol. The second-order valence-electron chi connectivity index (χ2n) is 6.14. The number of rotatable bonds is 1. The van der Waals surface area contributed by atoms with Crippen molar-refractivity contribution in [3.8, 4) is 22.9 Å². The molecule has 0 unspecified atom stereocenters. The summed E-state index contributed by atoms with van der Waals surface area (Å²) in [5.74, 6) is -0.293. The molecule has 0 fully saturated rings. The summed E-state index contributed by atoms with van der Waals surface area (Å²) in [5.41, 5.74) is 4.30. The lowest BCUT2D eigenvalue weighted by atomic mass is 10.0. The lowest BCUT2D eigenvalue weighted by molar-refractivity contribution is 0.474. The standard InChI is InChI=1S/C20H15N3O2/c1-11-8-15-16(9-12(11)2)23-19(22-15)14(10-21)18(24)17(20(23)25)13-6-4-3-5-7-13/h3-9,22,24H,1-2H3. The second kappa shape index (κ2) is 5.25. The summed E-state index contributed by atoms with van der Waals surface area (Å²) in [5, 5.41) is 20.2. The zero-order valence-electron chi connectivity index (χ0n) is 13.8. The summed E-state index contributed by atoms with van der Waals surface area (Å²) in [6.07, 6.45) is 0. The summed E-state index contributed by atoms with van der Waals surface area (Å²) < 4.78 is 1.47. The Morgan fingerprint density at radius 1 is 1.12 bits per heavy atom. The molecule has 2 N–H and O–H groups in total. The first-order chi connectivity index (χ1) is 12.0. The highest BCUT2D eigenvalue weighted by molar-refractivity contribution is 5.87. The van der Waals surface area contributed by atoms with E-state index in [1.54, 1.807) is 24.3 Å². The molecule has 5 nitrogen and oxygen atoms in total. The summed E-state index contributed by atoms with van der Waals surface area (Å²) in [7, 11) is 0. The molecular formula is C20H15N3O2. The van der Waals surface area contributed by atoms with Crippen LogP contribution in [0.4, 0.5) is 0 Å². The van der Waals surface area contributed by atoms with Crippen molar-refractivity contribution in [3.63, 3.8) is 0 Å². The van der Waals surface area contributed by atoms with E-state index in [4.69, 9.17) is 0 Å². The topological polar surface area (TPSA) is 81.3 Å². The highest BCUT2D eigenvalue weighted by Crippen LogP contribution is 2.32. The Bertz CT molecular complexity index is 1240. The Kier molecular flexibility index (Phi) is 3.16. The van der Waals surface area contributed by atoms with E-state index >= 15 is 0 Å². The monoisotopic (exact) mass is 329 g/mol. The zero-order valence-corrected chi connectivity index (χ0v) is 13.8. The van der Waals surface area contributed by atoms with Gasteiger partial charge in [0.1, 0.15) is 23.0 Å². The van der Waals surface area contributed by atoms with Gasteiger partial charge in [-0.1, -0.05) is 30.3 Å². The van der Waals surface area contributed by atoms with Crippen molar-refractivity contribution in [1.29, 1.82) is 5.26 Å². The van der Waals surface area contributed by atoms with Crippen LogP contribution in [0, 0.1) is 25.2 Å². The summed E-state index contributed by atoms with van der Waals surface area (Å²) in [4.78, 5) is 16.3. The maximum atomic E-state index is 13.2. The average molecular weight is 329 g/mol. The van der Waals surface area contributed by atoms with Crippen LogP contribution in [0.2, 0.25) is 0 Å². The van der Waals surface area contributed by atoms with Gasteiger partial charge in [-0.05, 0) is 42.7 Å². The maximum Gasteiger partial charge on any atom is 0.268 e. The van der Waals surface area contributed by atoms with Gasteiger partial charge in [0.15, 0.2) is 0 Å². The molecule has 0 bridgehead atoms. The second-order valence-corrected chi connectivity index (χ2v) is 6.14. The van der Waals surface area contributed by atoms with Gasteiger partial charge >= 0.3 is 0 Å². The predicted molar refractivity (Wildman–Crippen MR) is 96.8 cm³/mol. The van der Waals surface area contributed by atoms with Gasteiger partial charge in [0.2, 0.25) is 0 Å². The number of aryl methyl sites for hydroxylation is 2. The molecule has 0 amide bonds. The number of aromatic amines is 1. The number of nitriles is 1. The van der Waals surface area contributed by atoms with E-state index in [2.05, 4.69) is 4.98 Å². The van der Waals surface area contributed by atoms with Crippen LogP contribution in [0.5, 0.6) is 5.75 Å². The number of aromatic nitrogens is 2. The summed E-state index contributed by atoms with van der Waals surface area (Å²) in [6, 6.07) is 14.8. The molecule has 0 aliphatic rings. The number of hydrogen-bond donors (Lipinski definition) is 2. The number of fused-ring (bicyclic) bond motifs is 3. The number of nitrogens with zero attached hydrogens (tertiary/aromatic N) is 2. The Morgan fingerprint density at radius 3 is 2.48 bits per heavy atom. The molecule has 122 valence electrons. The minimum absolute atomic E-state index is 0.0601. The Balaban J connectivity index is 2.27. The molecule has 0 saturated heterocycles. The molecule has 4 aromatic rings. The number of H-pyrrole nitrogens is 1. The van der Waals surface area contributed by atoms with Gasteiger partial charge in [-0.15, -0.1) is 0 Å². The van der Waals surface area contributed by atoms with E-state index in [9.17, 15) is 15.2 Å². The highest BCUT2D eigenvalue weighted by Gasteiger charge is 2.21. The van der Waals surface area contributed by atoms with E-state index in [0.29, 0.717) is 16.7 Å². The number of benzene rings is 2. The fourth-order valence-corrected chi connectivity index (χ4v) is 3.20. The molecule has 2 heterocycles. The van der Waals surface area contributed by atoms with Crippen LogP contribution in [0.3, 0.4) is 0 Å². The first-order valence-electron chi connectivity index (χ1n) is 7.89. The largest absolute Gasteiger partial charge is 0.506 e. The molecule has 0 aliphatic carbocycles. The van der Waals surface area contributed by atoms with Crippen LogP contribution in [0.1, 0.15) is 16.7 Å². The van der Waals surface area contributed by atoms with Crippen LogP contribution < -0.4 is 5.56 Å². The molecule has 2 aromatic carbocycles. The summed E-state index contributed by atoms with van der Waals surface area (Å²) >= 11 is 0. The van der Waals surface area contributed by atoms with Gasteiger partial charge in [0.25, 0.3) is 5.56 Å². The van der Waals surface area contributed by atoms with Gasteiger partial charge in [-0.25, -0.2) is 0 Å². The van der Waals surface area contributed by atoms with Gasteiger partial charge in [0, 0.05) is 0 Å². The van der Waals surface area contributed by atoms with Crippen molar-refractivity contribution < 1.29 is 5.11 Å². The number of aromatic hydroxyl groups is 1. The maximum absolute atomic E-state index is 13.2. The quantitative estimate of drug-likeness (QED) is 0.559. The zero-order chi connectivity index (χ0) is 17.7. The van der Waals surface area contributed by atoms with Crippen LogP contribution in [-0.2, 0) is 0 Å². The van der Waals surface area contributed by atoms with Crippen LogP contribution in [-0.4, -0.2) is 14.5 Å². The predicted octanol–water partition coefficient (Wildman–Crippen LogP) is 3.64. The van der Waals surface area contributed by atoms with Crippen molar-refractivity contribution >= 4 is 16.7 Å². The van der Waals surface area contributed by atoms with Crippen molar-refractivity contribution in [3.05, 3.63) is 69.5 Å². The Hall–Kier alpha value is -3.52. The molecule has 0 atom stereocenters. The van der Waals surface area contributed by atoms with E-state index in [-0.39, 0.29) is 22.4 Å². The van der Waals surface area contributed by atoms with Crippen molar-refractivity contribution in [2.45, 2.75) is 13.8 Å². The minimum Gasteiger partial charge on any atom is -0.506 e. The lowest BCUT2D eigenvalue weighted by Crippen LogP contribution is -2.16. The number of hydrogen-bond acceptors (Lipinski definition) is 3. The number of nitrogens with one attached hydrogen (secondary N) is 1. The van der Waals surface area contributed by atoms with Gasteiger partial charge in [-0.2, -0.15) is 5.26 Å². The minimum atomic E-state index is -0.354. The molecule has 0 radical (unpaired) electrons. The highest BCUT2D eigenvalue weighted by atomic mass is 16.3. The van der Waals surface area contributed by atoms with E-state index in [1.807, 2.05) is 38.1 Å². The Morgan fingerprint density at radius 2 is 1.80 bits per heavy atom. The average Bonchev–Trinajstić information content (AvgIpc) is 2.95. The lowest BCUT2D eigenvalue weighted by Gasteiger charge is -2.08. The van der Waals surface area contributed by atoms with E-state index < -0.39 is 0 Å². The molecule has 0 saturated carbocycles. The van der Waals surface area contributed by atoms with Gasteiger partial charge in [-0.3, -0.25) is 9.20 Å². The van der Waals surface area contributed by atoms with E-state index in [0.717, 1.165) is 16.6 Å². The van der Waals surface area contributed by atoms with E-state index in [1.165, 1.54) is 4.40 Å². The van der Waals surface area contributed by atoms with Crippen LogP contribution in [0.25, 0.3) is 27.8 Å². The normalized spacial score (nSPS) is 11.1. The Labute approximate surface area is 143 Å². The van der Waals surface area contributed by atoms with Crippen LogP contribution in [0.15, 0.2) is 47.3 Å². The molecule has 4 rings (SSSR count). The molecule has 2 aromatic heterocycles. The van der Waals surface area contributed by atoms with Gasteiger partial charge < -0.3 is 10.1 Å². The third-order valence-electron chi connectivity index (χ3n) is 4.63. The molecule has 0 aliphatic heterocycles. The first-order valence-corrected chi connectivity index (χ1v) is 7.89. The number of imidazole rings is 1. The van der Waals surface area contributed by atoms with Gasteiger partial charge in [0.05, 0.1) is 16.6 Å². The SMILES string of the molecule is Cc1cc2[nH]c3c(C#N)c(O)c(-c4ccccc4)c(=O)n3c2cc1C. The van der Waals surface area contributed by atoms with Crippen molar-refractivity contribution in [1.82, 2.24) is 9.38 Å². The smallest absolute Gasteiger partial charge is 0.268 e. The van der Waals surface area contributed by atoms with Crippen molar-refractivity contribution in [2.75, 3.05) is 0 Å². The third-order valence-corrected chi connectivity index (χ3v) is 4.63. The number of pyridine rings is 1. The summed E-state index contributed by atoms with van der Waals surface area (Å²) in [6.45, 7) is 3.96. The van der Waals surface area contributed by atoms with Crippen LogP contribution >= 0.6 is 0 Å². The third kappa shape index (κ3) is 2.05.